The van der Waals surface area contributed by atoms with Crippen molar-refractivity contribution in [2.45, 2.75) is 57.4 Å². The van der Waals surface area contributed by atoms with Gasteiger partial charge in [0.15, 0.2) is 9.84 Å². The Hall–Kier alpha value is -3.25. The van der Waals surface area contributed by atoms with E-state index in [2.05, 4.69) is 49.3 Å². The van der Waals surface area contributed by atoms with Crippen LogP contribution in [0.3, 0.4) is 0 Å². The van der Waals surface area contributed by atoms with Crippen LogP contribution in [0.1, 0.15) is 56.9 Å². The van der Waals surface area contributed by atoms with E-state index in [0.29, 0.717) is 36.4 Å². The molecule has 1 amide bonds. The lowest BCUT2D eigenvalue weighted by Crippen LogP contribution is -2.38. The molecule has 0 unspecified atom stereocenters. The SMILES string of the molecule is CC(C)n1cc(C(=O)NC2CCOCC2)c2cnc(Nc3ccnc(NCC(C)(C)S(C)(=O)=O)n3)cc21. The number of nitrogens with zero attached hydrogens (tertiary/aromatic N) is 4. The second-order valence-corrected chi connectivity index (χ2v) is 12.9. The van der Waals surface area contributed by atoms with Crippen molar-refractivity contribution in [3.05, 3.63) is 36.3 Å². The average molecular weight is 530 g/mol. The van der Waals surface area contributed by atoms with Crippen molar-refractivity contribution >= 4 is 44.2 Å². The molecule has 200 valence electrons. The smallest absolute Gasteiger partial charge is 0.253 e. The van der Waals surface area contributed by atoms with Crippen LogP contribution in [0.5, 0.6) is 0 Å². The molecule has 0 aliphatic carbocycles. The van der Waals surface area contributed by atoms with Crippen molar-refractivity contribution in [3.8, 4) is 0 Å². The number of carbonyl (C=O) groups excluding carboxylic acids is 1. The highest BCUT2D eigenvalue weighted by atomic mass is 32.2. The number of fused-ring (bicyclic) bond motifs is 1. The summed E-state index contributed by atoms with van der Waals surface area (Å²) in [5.74, 6) is 1.26. The lowest BCUT2D eigenvalue weighted by molar-refractivity contribution is 0.0697. The van der Waals surface area contributed by atoms with Gasteiger partial charge in [0.05, 0.1) is 15.8 Å². The number of ether oxygens (including phenoxy) is 1. The third-order valence-corrected chi connectivity index (χ3v) is 8.82. The number of pyridine rings is 1. The van der Waals surface area contributed by atoms with Crippen LogP contribution in [0, 0.1) is 0 Å². The minimum Gasteiger partial charge on any atom is -0.381 e. The first-order valence-corrected chi connectivity index (χ1v) is 14.3. The summed E-state index contributed by atoms with van der Waals surface area (Å²) in [4.78, 5) is 26.3. The van der Waals surface area contributed by atoms with Crippen molar-refractivity contribution in [3.63, 3.8) is 0 Å². The zero-order chi connectivity index (χ0) is 26.8. The Balaban J connectivity index is 1.54. The van der Waals surface area contributed by atoms with Gasteiger partial charge >= 0.3 is 0 Å². The summed E-state index contributed by atoms with van der Waals surface area (Å²) in [7, 11) is -3.26. The Morgan fingerprint density at radius 2 is 1.95 bits per heavy atom. The fraction of sp³-hybridized carbons (Fsp3) is 0.520. The molecule has 3 N–H and O–H groups in total. The summed E-state index contributed by atoms with van der Waals surface area (Å²) >= 11 is 0. The van der Waals surface area contributed by atoms with Gasteiger partial charge in [-0.1, -0.05) is 0 Å². The highest BCUT2D eigenvalue weighted by Gasteiger charge is 2.30. The second-order valence-electron chi connectivity index (χ2n) is 10.3. The molecule has 0 aromatic carbocycles. The van der Waals surface area contributed by atoms with Gasteiger partial charge in [-0.05, 0) is 46.6 Å². The van der Waals surface area contributed by atoms with E-state index in [1.165, 1.54) is 6.26 Å². The summed E-state index contributed by atoms with van der Waals surface area (Å²) in [6, 6.07) is 3.84. The van der Waals surface area contributed by atoms with Crippen molar-refractivity contribution in [1.29, 1.82) is 0 Å². The van der Waals surface area contributed by atoms with E-state index < -0.39 is 14.6 Å². The Bertz CT molecular complexity index is 1380. The molecule has 0 radical (unpaired) electrons. The Labute approximate surface area is 217 Å². The van der Waals surface area contributed by atoms with E-state index in [1.807, 2.05) is 12.3 Å². The van der Waals surface area contributed by atoms with Crippen LogP contribution in [0.2, 0.25) is 0 Å². The first-order valence-electron chi connectivity index (χ1n) is 12.4. The van der Waals surface area contributed by atoms with Crippen LogP contribution in [-0.4, -0.2) is 70.6 Å². The van der Waals surface area contributed by atoms with Gasteiger partial charge in [-0.25, -0.2) is 18.4 Å². The number of nitrogens with one attached hydrogen (secondary N) is 3. The third-order valence-electron chi connectivity index (χ3n) is 6.66. The molecule has 4 rings (SSSR count). The topological polar surface area (TPSA) is 140 Å². The van der Waals surface area contributed by atoms with Gasteiger partial charge in [-0.2, -0.15) is 4.98 Å². The summed E-state index contributed by atoms with van der Waals surface area (Å²) in [5, 5.41) is 10.1. The normalized spacial score (nSPS) is 15.2. The number of amides is 1. The van der Waals surface area contributed by atoms with E-state index in [9.17, 15) is 13.2 Å². The van der Waals surface area contributed by atoms with E-state index in [-0.39, 0.29) is 24.5 Å². The molecule has 11 nitrogen and oxygen atoms in total. The van der Waals surface area contributed by atoms with Gasteiger partial charge < -0.3 is 25.3 Å². The zero-order valence-corrected chi connectivity index (χ0v) is 22.7. The van der Waals surface area contributed by atoms with Crippen LogP contribution in [0.25, 0.3) is 10.9 Å². The Morgan fingerprint density at radius 1 is 1.22 bits per heavy atom. The highest BCUT2D eigenvalue weighted by Crippen LogP contribution is 2.27. The van der Waals surface area contributed by atoms with Crippen molar-refractivity contribution in [2.24, 2.45) is 0 Å². The molecule has 1 fully saturated rings. The first-order chi connectivity index (χ1) is 17.4. The van der Waals surface area contributed by atoms with Crippen molar-refractivity contribution < 1.29 is 17.9 Å². The van der Waals surface area contributed by atoms with Crippen LogP contribution < -0.4 is 16.0 Å². The van der Waals surface area contributed by atoms with Gasteiger partial charge in [0.2, 0.25) is 5.95 Å². The van der Waals surface area contributed by atoms with Crippen molar-refractivity contribution in [2.75, 3.05) is 36.6 Å². The number of rotatable bonds is 9. The Kier molecular flexibility index (Phi) is 7.69. The Morgan fingerprint density at radius 3 is 2.62 bits per heavy atom. The molecule has 1 saturated heterocycles. The van der Waals surface area contributed by atoms with Gasteiger partial charge in [0.25, 0.3) is 5.91 Å². The molecule has 1 aliphatic heterocycles. The van der Waals surface area contributed by atoms with E-state index in [0.717, 1.165) is 23.7 Å². The summed E-state index contributed by atoms with van der Waals surface area (Å²) in [6.45, 7) is 8.91. The molecular formula is C25H35N7O4S. The number of anilines is 3. The van der Waals surface area contributed by atoms with Gasteiger partial charge in [-0.3, -0.25) is 4.79 Å². The number of hydrogen-bond donors (Lipinski definition) is 3. The molecule has 1 aliphatic rings. The molecule has 0 bridgehead atoms. The van der Waals surface area contributed by atoms with E-state index in [1.54, 1.807) is 32.3 Å². The minimum atomic E-state index is -3.26. The van der Waals surface area contributed by atoms with E-state index >= 15 is 0 Å². The summed E-state index contributed by atoms with van der Waals surface area (Å²) in [6.07, 6.45) is 7.99. The van der Waals surface area contributed by atoms with Gasteiger partial charge in [0.1, 0.15) is 11.6 Å². The minimum absolute atomic E-state index is 0.108. The predicted octanol–water partition coefficient (Wildman–Crippen LogP) is 3.29. The summed E-state index contributed by atoms with van der Waals surface area (Å²) in [5.41, 5.74) is 1.48. The fourth-order valence-corrected chi connectivity index (χ4v) is 4.33. The van der Waals surface area contributed by atoms with Gasteiger partial charge in [0, 0.05) is 68.1 Å². The molecule has 3 aromatic heterocycles. The molecule has 37 heavy (non-hydrogen) atoms. The largest absolute Gasteiger partial charge is 0.381 e. The monoisotopic (exact) mass is 529 g/mol. The van der Waals surface area contributed by atoms with Gasteiger partial charge in [-0.15, -0.1) is 0 Å². The number of hydrogen-bond acceptors (Lipinski definition) is 9. The second kappa shape index (κ2) is 10.6. The standard InChI is InChI=1S/C25H35N7O4S/c1-16(2)32-14-19(23(33)29-17-7-10-36-11-8-17)18-13-27-22(12-20(18)32)30-21-6-9-26-24(31-21)28-15-25(3,4)37(5,34)35/h6,9,12-14,16-17H,7-8,10-11,15H2,1-5H3,(H,29,33)(H2,26,27,28,30,31). The first kappa shape index (κ1) is 26.8. The van der Waals surface area contributed by atoms with Crippen LogP contribution in [-0.2, 0) is 14.6 Å². The molecule has 0 saturated carbocycles. The maximum Gasteiger partial charge on any atom is 0.253 e. The molecule has 3 aromatic rings. The van der Waals surface area contributed by atoms with E-state index in [4.69, 9.17) is 4.74 Å². The van der Waals surface area contributed by atoms with Crippen molar-refractivity contribution in [1.82, 2.24) is 24.8 Å². The molecule has 4 heterocycles. The summed E-state index contributed by atoms with van der Waals surface area (Å²) < 4.78 is 30.4. The molecule has 12 heteroatoms. The maximum atomic E-state index is 13.1. The predicted molar refractivity (Wildman–Crippen MR) is 144 cm³/mol. The maximum absolute atomic E-state index is 13.1. The van der Waals surface area contributed by atoms with Crippen LogP contribution in [0.4, 0.5) is 17.6 Å². The average Bonchev–Trinajstić information content (AvgIpc) is 3.22. The lowest BCUT2D eigenvalue weighted by Gasteiger charge is -2.22. The van der Waals surface area contributed by atoms with Crippen LogP contribution >= 0.6 is 0 Å². The van der Waals surface area contributed by atoms with Crippen LogP contribution in [0.15, 0.2) is 30.7 Å². The molecule has 0 atom stereocenters. The number of carbonyl (C=O) groups is 1. The molecular weight excluding hydrogens is 494 g/mol. The molecule has 0 spiro atoms. The number of aromatic nitrogens is 4. The highest BCUT2D eigenvalue weighted by molar-refractivity contribution is 7.92. The zero-order valence-electron chi connectivity index (χ0n) is 21.9. The quantitative estimate of drug-likeness (QED) is 0.381. The lowest BCUT2D eigenvalue weighted by atomic mass is 10.1. The third kappa shape index (κ3) is 6.19. The fourth-order valence-electron chi connectivity index (χ4n) is 3.99. The number of sulfone groups is 1.